The quantitative estimate of drug-likeness (QED) is 0.269. The van der Waals surface area contributed by atoms with Gasteiger partial charge in [0.05, 0.1) is 10.7 Å². The Morgan fingerprint density at radius 1 is 1.07 bits per heavy atom. The molecule has 0 bridgehead atoms. The van der Waals surface area contributed by atoms with Crippen molar-refractivity contribution in [2.24, 2.45) is 0 Å². The topological polar surface area (TPSA) is 98.5 Å². The number of carbonyl (C=O) groups excluding carboxylic acids is 2. The summed E-state index contributed by atoms with van der Waals surface area (Å²) in [5, 5.41) is 15.7. The lowest BCUT2D eigenvalue weighted by Gasteiger charge is -2.09. The molecule has 8 heteroatoms. The van der Waals surface area contributed by atoms with Crippen molar-refractivity contribution in [3.05, 3.63) is 76.3 Å². The highest BCUT2D eigenvalue weighted by molar-refractivity contribution is 8.00. The van der Waals surface area contributed by atoms with E-state index >= 15 is 0 Å². The van der Waals surface area contributed by atoms with Crippen molar-refractivity contribution >= 4 is 45.8 Å². The minimum atomic E-state index is -0.633. The zero-order valence-corrected chi connectivity index (χ0v) is 16.4. The Balaban J connectivity index is 1.51. The van der Waals surface area contributed by atoms with E-state index in [-0.39, 0.29) is 17.1 Å². The maximum atomic E-state index is 12.0. The van der Waals surface area contributed by atoms with E-state index in [1.54, 1.807) is 13.0 Å². The highest BCUT2D eigenvalue weighted by Crippen LogP contribution is 2.27. The number of amides is 1. The van der Waals surface area contributed by atoms with Crippen LogP contribution in [-0.4, -0.2) is 29.2 Å². The van der Waals surface area contributed by atoms with Crippen LogP contribution in [0, 0.1) is 17.0 Å². The molecular formula is C21H18N2O5S. The van der Waals surface area contributed by atoms with Gasteiger partial charge in [-0.05, 0) is 35.4 Å². The molecule has 0 spiro atoms. The molecule has 0 heterocycles. The number of nitro benzene ring substituents is 1. The Morgan fingerprint density at radius 3 is 2.59 bits per heavy atom. The second-order valence-electron chi connectivity index (χ2n) is 6.23. The van der Waals surface area contributed by atoms with Crippen LogP contribution in [0.15, 0.2) is 65.6 Å². The van der Waals surface area contributed by atoms with Crippen LogP contribution < -0.4 is 5.32 Å². The molecule has 1 amide bonds. The summed E-state index contributed by atoms with van der Waals surface area (Å²) in [5.74, 6) is -1.13. The largest absolute Gasteiger partial charge is 0.455 e. The van der Waals surface area contributed by atoms with E-state index in [0.717, 1.165) is 15.7 Å². The Kier molecular flexibility index (Phi) is 6.46. The number of rotatable bonds is 7. The molecule has 0 aliphatic rings. The molecule has 3 aromatic carbocycles. The number of anilines is 1. The fourth-order valence-corrected chi connectivity index (χ4v) is 3.47. The standard InChI is InChI=1S/C21H18N2O5S/c1-14-5-4-8-18(23(26)27)21(14)22-19(24)12-28-20(25)13-29-17-10-9-15-6-2-3-7-16(15)11-17/h2-11H,12-13H2,1H3,(H,22,24). The van der Waals surface area contributed by atoms with E-state index in [0.29, 0.717) is 5.56 Å². The average molecular weight is 410 g/mol. The van der Waals surface area contributed by atoms with Crippen molar-refractivity contribution in [1.82, 2.24) is 0 Å². The van der Waals surface area contributed by atoms with Crippen LogP contribution in [0.4, 0.5) is 11.4 Å². The third-order valence-corrected chi connectivity index (χ3v) is 5.12. The predicted molar refractivity (Wildman–Crippen MR) is 112 cm³/mol. The van der Waals surface area contributed by atoms with E-state index in [1.165, 1.54) is 23.9 Å². The van der Waals surface area contributed by atoms with Gasteiger partial charge in [0, 0.05) is 11.0 Å². The van der Waals surface area contributed by atoms with Gasteiger partial charge in [-0.25, -0.2) is 0 Å². The summed E-state index contributed by atoms with van der Waals surface area (Å²) < 4.78 is 4.98. The maximum absolute atomic E-state index is 12.0. The fourth-order valence-electron chi connectivity index (χ4n) is 2.73. The molecule has 0 aromatic heterocycles. The zero-order chi connectivity index (χ0) is 20.8. The smallest absolute Gasteiger partial charge is 0.316 e. The Bertz CT molecular complexity index is 1080. The number of thioether (sulfide) groups is 1. The summed E-state index contributed by atoms with van der Waals surface area (Å²) in [5.41, 5.74) is 0.436. The molecule has 7 nitrogen and oxygen atoms in total. The van der Waals surface area contributed by atoms with Gasteiger partial charge in [-0.2, -0.15) is 0 Å². The van der Waals surface area contributed by atoms with Gasteiger partial charge < -0.3 is 10.1 Å². The highest BCUT2D eigenvalue weighted by atomic mass is 32.2. The average Bonchev–Trinajstić information content (AvgIpc) is 2.71. The maximum Gasteiger partial charge on any atom is 0.316 e. The first-order valence-corrected chi connectivity index (χ1v) is 9.73. The molecule has 3 aromatic rings. The third-order valence-electron chi connectivity index (χ3n) is 4.15. The number of hydrogen-bond acceptors (Lipinski definition) is 6. The van der Waals surface area contributed by atoms with E-state index in [4.69, 9.17) is 4.74 Å². The van der Waals surface area contributed by atoms with E-state index < -0.39 is 23.4 Å². The summed E-state index contributed by atoms with van der Waals surface area (Å²) in [6.07, 6.45) is 0. The molecule has 148 valence electrons. The minimum Gasteiger partial charge on any atom is -0.455 e. The number of nitrogens with one attached hydrogen (secondary N) is 1. The monoisotopic (exact) mass is 410 g/mol. The van der Waals surface area contributed by atoms with Crippen molar-refractivity contribution in [2.75, 3.05) is 17.7 Å². The van der Waals surface area contributed by atoms with Crippen molar-refractivity contribution in [1.29, 1.82) is 0 Å². The molecule has 0 fully saturated rings. The Labute approximate surface area is 171 Å². The van der Waals surface area contributed by atoms with Crippen LogP contribution in [0.1, 0.15) is 5.56 Å². The number of ether oxygens (including phenoxy) is 1. The first-order chi connectivity index (χ1) is 13.9. The number of para-hydroxylation sites is 1. The fraction of sp³-hybridized carbons (Fsp3) is 0.143. The number of nitro groups is 1. The number of fused-ring (bicyclic) bond motifs is 1. The third kappa shape index (κ3) is 5.32. The number of benzene rings is 3. The second-order valence-corrected chi connectivity index (χ2v) is 7.28. The van der Waals surface area contributed by atoms with Gasteiger partial charge in [0.25, 0.3) is 11.6 Å². The van der Waals surface area contributed by atoms with Crippen LogP contribution in [0.25, 0.3) is 10.8 Å². The molecule has 29 heavy (non-hydrogen) atoms. The van der Waals surface area contributed by atoms with Crippen molar-refractivity contribution in [3.63, 3.8) is 0 Å². The van der Waals surface area contributed by atoms with E-state index in [2.05, 4.69) is 5.32 Å². The number of nitrogens with zero attached hydrogens (tertiary/aromatic N) is 1. The van der Waals surface area contributed by atoms with E-state index in [1.807, 2.05) is 42.5 Å². The number of carbonyl (C=O) groups is 2. The summed E-state index contributed by atoms with van der Waals surface area (Å²) in [4.78, 5) is 35.4. The molecule has 0 saturated heterocycles. The van der Waals surface area contributed by atoms with Crippen LogP contribution in [-0.2, 0) is 14.3 Å². The van der Waals surface area contributed by atoms with Crippen molar-refractivity contribution in [3.8, 4) is 0 Å². The summed E-state index contributed by atoms with van der Waals surface area (Å²) >= 11 is 1.31. The van der Waals surface area contributed by atoms with Gasteiger partial charge in [-0.3, -0.25) is 19.7 Å². The predicted octanol–water partition coefficient (Wildman–Crippen LogP) is 4.33. The summed E-state index contributed by atoms with van der Waals surface area (Å²) in [6.45, 7) is 1.14. The number of esters is 1. The lowest BCUT2D eigenvalue weighted by molar-refractivity contribution is -0.384. The molecule has 0 aliphatic carbocycles. The van der Waals surface area contributed by atoms with Gasteiger partial charge in [0.2, 0.25) is 0 Å². The van der Waals surface area contributed by atoms with Gasteiger partial charge >= 0.3 is 5.97 Å². The molecule has 1 N–H and O–H groups in total. The van der Waals surface area contributed by atoms with Gasteiger partial charge in [-0.15, -0.1) is 11.8 Å². The van der Waals surface area contributed by atoms with Crippen molar-refractivity contribution < 1.29 is 19.2 Å². The second kappa shape index (κ2) is 9.20. The highest BCUT2D eigenvalue weighted by Gasteiger charge is 2.18. The zero-order valence-electron chi connectivity index (χ0n) is 15.6. The first-order valence-electron chi connectivity index (χ1n) is 8.75. The molecule has 0 saturated carbocycles. The Hall–Kier alpha value is -3.39. The normalized spacial score (nSPS) is 10.5. The molecule has 3 rings (SSSR count). The van der Waals surface area contributed by atoms with Gasteiger partial charge in [-0.1, -0.05) is 42.5 Å². The van der Waals surface area contributed by atoms with Crippen molar-refractivity contribution in [2.45, 2.75) is 11.8 Å². The SMILES string of the molecule is Cc1cccc([N+](=O)[O-])c1NC(=O)COC(=O)CSc1ccc2ccccc2c1. The van der Waals surface area contributed by atoms with Crippen LogP contribution >= 0.6 is 11.8 Å². The van der Waals surface area contributed by atoms with Gasteiger partial charge in [0.1, 0.15) is 5.69 Å². The first kappa shape index (κ1) is 20.3. The Morgan fingerprint density at radius 2 is 1.83 bits per heavy atom. The van der Waals surface area contributed by atoms with Crippen LogP contribution in [0.2, 0.25) is 0 Å². The summed E-state index contributed by atoms with van der Waals surface area (Å²) in [6, 6.07) is 18.3. The summed E-state index contributed by atoms with van der Waals surface area (Å²) in [7, 11) is 0. The van der Waals surface area contributed by atoms with Crippen LogP contribution in [0.5, 0.6) is 0 Å². The lowest BCUT2D eigenvalue weighted by atomic mass is 10.1. The van der Waals surface area contributed by atoms with Gasteiger partial charge in [0.15, 0.2) is 6.61 Å². The molecule has 0 aliphatic heterocycles. The lowest BCUT2D eigenvalue weighted by Crippen LogP contribution is -2.22. The molecular weight excluding hydrogens is 392 g/mol. The van der Waals surface area contributed by atoms with E-state index in [9.17, 15) is 19.7 Å². The molecule has 0 unspecified atom stereocenters. The van der Waals surface area contributed by atoms with Crippen LogP contribution in [0.3, 0.4) is 0 Å². The molecule has 0 atom stereocenters. The number of aryl methyl sites for hydroxylation is 1. The minimum absolute atomic E-state index is 0.0517. The molecule has 0 radical (unpaired) electrons. The number of hydrogen-bond donors (Lipinski definition) is 1.